The molecule has 4 aliphatic rings. The van der Waals surface area contributed by atoms with Gasteiger partial charge in [0, 0.05) is 30.4 Å². The van der Waals surface area contributed by atoms with Crippen LogP contribution in [0.3, 0.4) is 0 Å². The molecule has 2 saturated carbocycles. The van der Waals surface area contributed by atoms with Gasteiger partial charge in [0.2, 0.25) is 11.9 Å². The second kappa shape index (κ2) is 13.1. The van der Waals surface area contributed by atoms with Crippen molar-refractivity contribution in [1.29, 1.82) is 0 Å². The second-order valence-corrected chi connectivity index (χ2v) is 14.4. The third kappa shape index (κ3) is 6.28. The molecular weight excluding hydrogens is 568 g/mol. The molecule has 46 heavy (non-hydrogen) atoms. The Morgan fingerprint density at radius 3 is 2.22 bits per heavy atom. The number of aromatic nitrogens is 5. The lowest BCUT2D eigenvalue weighted by molar-refractivity contribution is 0.130. The van der Waals surface area contributed by atoms with Gasteiger partial charge in [-0.1, -0.05) is 56.0 Å². The van der Waals surface area contributed by atoms with Crippen molar-refractivity contribution in [2.45, 2.75) is 102 Å². The van der Waals surface area contributed by atoms with Crippen LogP contribution in [0.4, 0.5) is 17.6 Å². The molecule has 4 aliphatic carbocycles. The first-order valence-corrected chi connectivity index (χ1v) is 18.0. The fraction of sp³-hybridized carbons (Fsp3) is 0.526. The van der Waals surface area contributed by atoms with E-state index in [4.69, 9.17) is 10.8 Å². The largest absolute Gasteiger partial charge is 0.368 e. The fourth-order valence-electron chi connectivity index (χ4n) is 8.81. The predicted molar refractivity (Wildman–Crippen MR) is 184 cm³/mol. The number of hydrogen-bond acceptors (Lipinski definition) is 7. The first kappa shape index (κ1) is 29.6. The van der Waals surface area contributed by atoms with Crippen molar-refractivity contribution in [1.82, 2.24) is 29.9 Å². The van der Waals surface area contributed by atoms with Crippen molar-refractivity contribution >= 4 is 17.6 Å². The lowest BCUT2D eigenvalue weighted by atomic mass is 9.99. The first-order valence-electron chi connectivity index (χ1n) is 18.0. The Balaban J connectivity index is 0.965. The van der Waals surface area contributed by atoms with Gasteiger partial charge >= 0.3 is 0 Å². The zero-order chi connectivity index (χ0) is 30.9. The average molecular weight is 617 g/mol. The maximum Gasteiger partial charge on any atom is 0.248 e. The summed E-state index contributed by atoms with van der Waals surface area (Å²) in [5, 5.41) is 17.3. The summed E-state index contributed by atoms with van der Waals surface area (Å²) in [5.41, 5.74) is 15.0. The van der Waals surface area contributed by atoms with Crippen molar-refractivity contribution in [2.75, 3.05) is 24.1 Å². The quantitative estimate of drug-likeness (QED) is 0.198. The zero-order valence-electron chi connectivity index (χ0n) is 27.1. The Kier molecular flexibility index (Phi) is 8.46. The number of rotatable bonds is 8. The Morgan fingerprint density at radius 2 is 1.43 bits per heavy atom. The topological polar surface area (TPSA) is 97.8 Å². The third-order valence-corrected chi connectivity index (χ3v) is 11.3. The minimum Gasteiger partial charge on any atom is -0.368 e. The number of fused-ring (bicyclic) bond motifs is 4. The summed E-state index contributed by atoms with van der Waals surface area (Å²) < 4.78 is 1.60. The highest BCUT2D eigenvalue weighted by Crippen LogP contribution is 2.34. The molecule has 0 saturated heterocycles. The highest BCUT2D eigenvalue weighted by molar-refractivity contribution is 5.68. The zero-order valence-corrected chi connectivity index (χ0v) is 27.1. The Morgan fingerprint density at radius 1 is 0.717 bits per heavy atom. The van der Waals surface area contributed by atoms with E-state index in [0.717, 1.165) is 55.3 Å². The monoisotopic (exact) mass is 616 g/mol. The van der Waals surface area contributed by atoms with Crippen LogP contribution in [0, 0.1) is 11.8 Å². The van der Waals surface area contributed by atoms with Gasteiger partial charge in [-0.2, -0.15) is 9.67 Å². The highest BCUT2D eigenvalue weighted by Gasteiger charge is 2.29. The summed E-state index contributed by atoms with van der Waals surface area (Å²) in [4.78, 5) is 7.50. The number of nitrogens with two attached hydrogens (primary N) is 1. The Bertz CT molecular complexity index is 1650. The molecule has 240 valence electrons. The van der Waals surface area contributed by atoms with Crippen molar-refractivity contribution in [2.24, 2.45) is 11.8 Å². The van der Waals surface area contributed by atoms with E-state index in [1.54, 1.807) is 4.68 Å². The van der Waals surface area contributed by atoms with Crippen LogP contribution in [-0.2, 0) is 25.7 Å². The molecule has 8 rings (SSSR count). The molecule has 8 heteroatoms. The Labute approximate surface area is 273 Å². The van der Waals surface area contributed by atoms with Crippen LogP contribution in [0.1, 0.15) is 92.9 Å². The summed E-state index contributed by atoms with van der Waals surface area (Å²) >= 11 is 0. The number of anilines is 3. The fourth-order valence-corrected chi connectivity index (χ4v) is 8.81. The highest BCUT2D eigenvalue weighted by atomic mass is 15.4. The molecule has 2 fully saturated rings. The van der Waals surface area contributed by atoms with Gasteiger partial charge in [0.1, 0.15) is 0 Å². The van der Waals surface area contributed by atoms with Gasteiger partial charge < -0.3 is 11.1 Å². The summed E-state index contributed by atoms with van der Waals surface area (Å²) in [7, 11) is 0. The molecule has 0 bridgehead atoms. The molecule has 4 aromatic rings. The maximum absolute atomic E-state index is 6.38. The van der Waals surface area contributed by atoms with Crippen LogP contribution < -0.4 is 11.1 Å². The number of nitrogen functional groups attached to an aromatic ring is 1. The van der Waals surface area contributed by atoms with Crippen LogP contribution in [0.25, 0.3) is 17.1 Å². The van der Waals surface area contributed by atoms with Gasteiger partial charge in [0.25, 0.3) is 0 Å². The number of aryl methyl sites for hydroxylation is 4. The molecule has 2 heterocycles. The van der Waals surface area contributed by atoms with E-state index in [-0.39, 0.29) is 0 Å². The smallest absolute Gasteiger partial charge is 0.248 e. The van der Waals surface area contributed by atoms with E-state index >= 15 is 0 Å². The normalized spacial score (nSPS) is 20.2. The Hall–Kier alpha value is -3.78. The van der Waals surface area contributed by atoms with Crippen LogP contribution in [0.2, 0.25) is 0 Å². The predicted octanol–water partition coefficient (Wildman–Crippen LogP) is 7.47. The molecular formula is C38H48N8. The SMILES string of the molecule is Nc1nc(Nc2ccc3c(c2)CC[C@@H](N(CC2CCCC2)CC2CCCC2)CC3)nn1-c1cc2c(nn1)-c1ccccc1CCC2. The van der Waals surface area contributed by atoms with Crippen molar-refractivity contribution < 1.29 is 0 Å². The molecule has 1 atom stereocenters. The molecule has 8 nitrogen and oxygen atoms in total. The van der Waals surface area contributed by atoms with Crippen LogP contribution in [-0.4, -0.2) is 49.0 Å². The van der Waals surface area contributed by atoms with Crippen molar-refractivity contribution in [3.8, 4) is 17.1 Å². The average Bonchev–Trinajstić information content (AvgIpc) is 3.80. The minimum absolute atomic E-state index is 0.299. The summed E-state index contributed by atoms with van der Waals surface area (Å²) in [6.45, 7) is 2.64. The number of nitrogens with one attached hydrogen (secondary N) is 1. The van der Waals surface area contributed by atoms with Gasteiger partial charge in [-0.25, -0.2) is 0 Å². The summed E-state index contributed by atoms with van der Waals surface area (Å²) in [6.07, 6.45) is 19.3. The van der Waals surface area contributed by atoms with Crippen molar-refractivity contribution in [3.63, 3.8) is 0 Å². The van der Waals surface area contributed by atoms with Gasteiger partial charge in [0.05, 0.1) is 5.69 Å². The molecule has 2 aromatic carbocycles. The minimum atomic E-state index is 0.299. The molecule has 0 radical (unpaired) electrons. The van der Waals surface area contributed by atoms with Crippen LogP contribution in [0.15, 0.2) is 48.5 Å². The van der Waals surface area contributed by atoms with Crippen molar-refractivity contribution in [3.05, 3.63) is 70.8 Å². The second-order valence-electron chi connectivity index (χ2n) is 14.4. The first-order chi connectivity index (χ1) is 22.7. The van der Waals surface area contributed by atoms with E-state index in [1.807, 2.05) is 0 Å². The van der Waals surface area contributed by atoms with E-state index in [2.05, 4.69) is 73.9 Å². The lowest BCUT2D eigenvalue weighted by Crippen LogP contribution is -2.41. The number of nitrogens with zero attached hydrogens (tertiary/aromatic N) is 6. The van der Waals surface area contributed by atoms with Crippen LogP contribution >= 0.6 is 0 Å². The molecule has 0 unspecified atom stereocenters. The van der Waals surface area contributed by atoms with E-state index in [0.29, 0.717) is 23.8 Å². The van der Waals surface area contributed by atoms with Gasteiger partial charge in [-0.05, 0) is 123 Å². The molecule has 2 aromatic heterocycles. The van der Waals surface area contributed by atoms with Gasteiger partial charge in [-0.3, -0.25) is 4.90 Å². The standard InChI is InChI=1S/C38H48N8/c39-37-41-38(44-46(37)35-23-31-14-7-13-29-12-5-6-15-34(29)36(31)43-42-35)40-32-19-16-28-17-20-33(21-18-30(28)22-32)45(24-26-8-1-2-9-26)25-27-10-3-4-11-27/h5-6,12,15-16,19,22-23,26-27,33H,1-4,7-11,13-14,17-18,20-21,24-25H2,(H3,39,40,41,44)/t33-/m0/s1. The van der Waals surface area contributed by atoms with Crippen LogP contribution in [0.5, 0.6) is 0 Å². The maximum atomic E-state index is 6.38. The lowest BCUT2D eigenvalue weighted by Gasteiger charge is -2.35. The van der Waals surface area contributed by atoms with E-state index in [1.165, 1.54) is 105 Å². The molecule has 3 N–H and O–H groups in total. The van der Waals surface area contributed by atoms with Gasteiger partial charge in [0.15, 0.2) is 5.82 Å². The number of hydrogen-bond donors (Lipinski definition) is 2. The molecule has 0 aliphatic heterocycles. The third-order valence-electron chi connectivity index (χ3n) is 11.3. The molecule has 0 amide bonds. The van der Waals surface area contributed by atoms with E-state index < -0.39 is 0 Å². The summed E-state index contributed by atoms with van der Waals surface area (Å²) in [5.74, 6) is 3.20. The van der Waals surface area contributed by atoms with Gasteiger partial charge in [-0.15, -0.1) is 15.3 Å². The van der Waals surface area contributed by atoms with E-state index in [9.17, 15) is 0 Å². The number of benzene rings is 2. The summed E-state index contributed by atoms with van der Waals surface area (Å²) in [6, 6.07) is 18.1. The molecule has 0 spiro atoms.